The quantitative estimate of drug-likeness (QED) is 0.565. The summed E-state index contributed by atoms with van der Waals surface area (Å²) in [5.41, 5.74) is 9.67. The fourth-order valence-electron chi connectivity index (χ4n) is 3.03. The highest BCUT2D eigenvalue weighted by Gasteiger charge is 2.11. The molecule has 0 unspecified atom stereocenters. The maximum absolute atomic E-state index is 2.38. The van der Waals surface area contributed by atoms with Crippen LogP contribution in [0.2, 0.25) is 0 Å². The Hall–Kier alpha value is -2.34. The molecule has 0 saturated heterocycles. The minimum Gasteiger partial charge on any atom is -0.0622 e. The number of hydrogen-bond donors (Lipinski definition) is 0. The van der Waals surface area contributed by atoms with E-state index in [9.17, 15) is 0 Å². The van der Waals surface area contributed by atoms with E-state index < -0.39 is 0 Å². The Morgan fingerprint density at radius 3 is 1.86 bits per heavy atom. The summed E-state index contributed by atoms with van der Waals surface area (Å²) in [5.74, 6) is 0. The first-order valence-corrected chi connectivity index (χ1v) is 7.86. The van der Waals surface area contributed by atoms with Crippen LogP contribution < -0.4 is 0 Å². The largest absolute Gasteiger partial charge is 0.0622 e. The lowest BCUT2D eigenvalue weighted by atomic mass is 9.88. The van der Waals surface area contributed by atoms with Crippen molar-refractivity contribution < 1.29 is 0 Å². The average Bonchev–Trinajstić information content (AvgIpc) is 2.57. The highest BCUT2D eigenvalue weighted by molar-refractivity contribution is 5.70. The van der Waals surface area contributed by atoms with E-state index in [-0.39, 0.29) is 0 Å². The molecule has 0 N–H and O–H groups in total. The van der Waals surface area contributed by atoms with E-state index in [1.165, 1.54) is 38.9 Å². The van der Waals surface area contributed by atoms with Crippen LogP contribution in [0.1, 0.15) is 27.8 Å². The normalized spacial score (nSPS) is 10.7. The van der Waals surface area contributed by atoms with Crippen molar-refractivity contribution in [3.05, 3.63) is 94.5 Å². The molecule has 0 nitrogen and oxygen atoms in total. The highest BCUT2D eigenvalue weighted by atomic mass is 14.2. The van der Waals surface area contributed by atoms with Gasteiger partial charge in [0, 0.05) is 0 Å². The fraction of sp³-hybridized carbons (Fsp3) is 0.182. The van der Waals surface area contributed by atoms with Gasteiger partial charge in [-0.1, -0.05) is 66.7 Å². The Labute approximate surface area is 133 Å². The van der Waals surface area contributed by atoms with Crippen molar-refractivity contribution in [1.29, 1.82) is 0 Å². The van der Waals surface area contributed by atoms with Gasteiger partial charge in [-0.25, -0.2) is 0 Å². The summed E-state index contributed by atoms with van der Waals surface area (Å²) in [7, 11) is 0. The number of benzene rings is 3. The Bertz CT molecular complexity index is 768. The highest BCUT2D eigenvalue weighted by Crippen LogP contribution is 2.31. The molecule has 0 fully saturated rings. The van der Waals surface area contributed by atoms with Crippen LogP contribution in [0.15, 0.2) is 66.7 Å². The predicted octanol–water partition coefficient (Wildman–Crippen LogP) is 5.87. The van der Waals surface area contributed by atoms with Gasteiger partial charge in [0.1, 0.15) is 0 Å². The third kappa shape index (κ3) is 2.82. The van der Waals surface area contributed by atoms with Crippen LogP contribution in [-0.4, -0.2) is 0 Å². The lowest BCUT2D eigenvalue weighted by Gasteiger charge is -2.17. The molecule has 0 aliphatic carbocycles. The molecule has 0 saturated carbocycles. The van der Waals surface area contributed by atoms with Crippen LogP contribution in [0.4, 0.5) is 0 Å². The van der Waals surface area contributed by atoms with Crippen molar-refractivity contribution in [3.63, 3.8) is 0 Å². The van der Waals surface area contributed by atoms with E-state index in [4.69, 9.17) is 0 Å². The Morgan fingerprint density at radius 2 is 1.23 bits per heavy atom. The van der Waals surface area contributed by atoms with E-state index in [1.807, 2.05) is 0 Å². The topological polar surface area (TPSA) is 0 Å². The first kappa shape index (κ1) is 14.6. The molecule has 22 heavy (non-hydrogen) atoms. The average molecular weight is 286 g/mol. The van der Waals surface area contributed by atoms with Gasteiger partial charge < -0.3 is 0 Å². The summed E-state index contributed by atoms with van der Waals surface area (Å²) in [4.78, 5) is 0. The summed E-state index contributed by atoms with van der Waals surface area (Å²) in [6.45, 7) is 6.72. The molecule has 110 valence electrons. The molecule has 0 aliphatic heterocycles. The van der Waals surface area contributed by atoms with Crippen molar-refractivity contribution in [2.24, 2.45) is 0 Å². The minimum atomic E-state index is 0.994. The van der Waals surface area contributed by atoms with E-state index in [0.29, 0.717) is 0 Å². The van der Waals surface area contributed by atoms with Gasteiger partial charge in [-0.15, -0.1) is 0 Å². The van der Waals surface area contributed by atoms with Gasteiger partial charge in [-0.05, 0) is 66.1 Å². The van der Waals surface area contributed by atoms with Crippen LogP contribution in [0.5, 0.6) is 0 Å². The summed E-state index contributed by atoms with van der Waals surface area (Å²) in [6, 6.07) is 23.8. The van der Waals surface area contributed by atoms with Gasteiger partial charge in [0.2, 0.25) is 0 Å². The monoisotopic (exact) mass is 286 g/mol. The first-order valence-electron chi connectivity index (χ1n) is 7.86. The van der Waals surface area contributed by atoms with Crippen LogP contribution >= 0.6 is 0 Å². The fourth-order valence-corrected chi connectivity index (χ4v) is 3.03. The second-order valence-electron chi connectivity index (χ2n) is 5.99. The summed E-state index contributed by atoms with van der Waals surface area (Å²) in [5, 5.41) is 0. The van der Waals surface area contributed by atoms with Gasteiger partial charge in [0.05, 0.1) is 0 Å². The molecule has 0 amide bonds. The number of hydrogen-bond acceptors (Lipinski definition) is 0. The molecule has 3 aromatic rings. The zero-order chi connectivity index (χ0) is 15.5. The predicted molar refractivity (Wildman–Crippen MR) is 95.3 cm³/mol. The van der Waals surface area contributed by atoms with Gasteiger partial charge in [0.25, 0.3) is 0 Å². The molecule has 0 aliphatic rings. The lowest BCUT2D eigenvalue weighted by Crippen LogP contribution is -1.99. The van der Waals surface area contributed by atoms with Crippen LogP contribution in [-0.2, 0) is 6.42 Å². The maximum Gasteiger partial charge on any atom is -0.00228 e. The van der Waals surface area contributed by atoms with E-state index in [1.54, 1.807) is 0 Å². The zero-order valence-corrected chi connectivity index (χ0v) is 13.6. The number of rotatable bonds is 3. The van der Waals surface area contributed by atoms with Crippen LogP contribution in [0.3, 0.4) is 0 Å². The van der Waals surface area contributed by atoms with Crippen molar-refractivity contribution in [2.75, 3.05) is 0 Å². The smallest absolute Gasteiger partial charge is 0.00228 e. The third-order valence-electron chi connectivity index (χ3n) is 4.65. The molecule has 0 heterocycles. The van der Waals surface area contributed by atoms with E-state index in [2.05, 4.69) is 87.5 Å². The summed E-state index contributed by atoms with van der Waals surface area (Å²) >= 11 is 0. The lowest BCUT2D eigenvalue weighted by molar-refractivity contribution is 1.12. The SMILES string of the molecule is Cc1c(Cc2ccccc2)cc(-c2ccccc2)c(C)c1C. The first-order chi connectivity index (χ1) is 10.7. The van der Waals surface area contributed by atoms with Crippen molar-refractivity contribution in [2.45, 2.75) is 27.2 Å². The summed E-state index contributed by atoms with van der Waals surface area (Å²) in [6.07, 6.45) is 0.994. The second-order valence-corrected chi connectivity index (χ2v) is 5.99. The Kier molecular flexibility index (Phi) is 4.11. The second kappa shape index (κ2) is 6.19. The molecule has 0 heteroatoms. The van der Waals surface area contributed by atoms with Gasteiger partial charge >= 0.3 is 0 Å². The standard InChI is InChI=1S/C22H22/c1-16-17(2)21(14-19-10-6-4-7-11-19)15-22(18(16)3)20-12-8-5-9-13-20/h4-13,15H,14H2,1-3H3. The molecule has 3 aromatic carbocycles. The third-order valence-corrected chi connectivity index (χ3v) is 4.65. The molecular formula is C22H22. The van der Waals surface area contributed by atoms with Crippen LogP contribution in [0.25, 0.3) is 11.1 Å². The minimum absolute atomic E-state index is 0.994. The maximum atomic E-state index is 2.38. The van der Waals surface area contributed by atoms with E-state index >= 15 is 0 Å². The van der Waals surface area contributed by atoms with E-state index in [0.717, 1.165) is 6.42 Å². The molecule has 0 bridgehead atoms. The molecule has 0 radical (unpaired) electrons. The van der Waals surface area contributed by atoms with Gasteiger partial charge in [0.15, 0.2) is 0 Å². The Morgan fingerprint density at radius 1 is 0.636 bits per heavy atom. The van der Waals surface area contributed by atoms with Crippen LogP contribution in [0, 0.1) is 20.8 Å². The van der Waals surface area contributed by atoms with Crippen molar-refractivity contribution in [1.82, 2.24) is 0 Å². The Balaban J connectivity index is 2.10. The molecule has 0 aromatic heterocycles. The summed E-state index contributed by atoms with van der Waals surface area (Å²) < 4.78 is 0. The van der Waals surface area contributed by atoms with Crippen molar-refractivity contribution in [3.8, 4) is 11.1 Å². The van der Waals surface area contributed by atoms with Gasteiger partial charge in [-0.3, -0.25) is 0 Å². The molecule has 0 spiro atoms. The molecule has 3 rings (SSSR count). The van der Waals surface area contributed by atoms with Crippen molar-refractivity contribution >= 4 is 0 Å². The molecule has 0 atom stereocenters. The molecular weight excluding hydrogens is 264 g/mol. The van der Waals surface area contributed by atoms with Gasteiger partial charge in [-0.2, -0.15) is 0 Å². The zero-order valence-electron chi connectivity index (χ0n) is 13.6.